The fourth-order valence-corrected chi connectivity index (χ4v) is 4.86. The standard InChI is InChI=1S/C26H36N4O/c1-21(2)28-17-19-29(20-18-28)24-12-8-7-11-23(24)27-25(31)30-15-13-26(3,14-16-30)22-9-5-4-6-10-22/h4-12,21H,13-20H2,1-3H3,(H,27,31). The zero-order valence-electron chi connectivity index (χ0n) is 19.2. The van der Waals surface area contributed by atoms with E-state index in [1.165, 1.54) is 5.56 Å². The Morgan fingerprint density at radius 2 is 1.48 bits per heavy atom. The minimum Gasteiger partial charge on any atom is -0.367 e. The van der Waals surface area contributed by atoms with Gasteiger partial charge in [0, 0.05) is 45.3 Å². The summed E-state index contributed by atoms with van der Waals surface area (Å²) < 4.78 is 0. The number of anilines is 2. The number of rotatable bonds is 4. The number of benzene rings is 2. The predicted octanol–water partition coefficient (Wildman–Crippen LogP) is 4.80. The number of likely N-dealkylation sites (tertiary alicyclic amines) is 1. The number of carbonyl (C=O) groups excluding carboxylic acids is 1. The fourth-order valence-electron chi connectivity index (χ4n) is 4.86. The van der Waals surface area contributed by atoms with Crippen LogP contribution in [0.15, 0.2) is 54.6 Å². The number of nitrogens with one attached hydrogen (secondary N) is 1. The third-order valence-electron chi connectivity index (χ3n) is 7.16. The number of amides is 2. The molecule has 166 valence electrons. The molecule has 0 atom stereocenters. The average molecular weight is 421 g/mol. The third kappa shape index (κ3) is 4.87. The Hall–Kier alpha value is -2.53. The van der Waals surface area contributed by atoms with Crippen molar-refractivity contribution in [3.63, 3.8) is 0 Å². The first-order chi connectivity index (χ1) is 15.0. The molecule has 2 amide bonds. The normalized spacial score (nSPS) is 19.5. The summed E-state index contributed by atoms with van der Waals surface area (Å²) >= 11 is 0. The van der Waals surface area contributed by atoms with Crippen molar-refractivity contribution in [3.05, 3.63) is 60.2 Å². The van der Waals surface area contributed by atoms with Gasteiger partial charge in [-0.25, -0.2) is 4.79 Å². The Bertz CT molecular complexity index is 866. The van der Waals surface area contributed by atoms with E-state index in [2.05, 4.69) is 78.4 Å². The van der Waals surface area contributed by atoms with E-state index >= 15 is 0 Å². The van der Waals surface area contributed by atoms with E-state index < -0.39 is 0 Å². The van der Waals surface area contributed by atoms with Crippen LogP contribution in [0.25, 0.3) is 0 Å². The van der Waals surface area contributed by atoms with Crippen LogP contribution in [0, 0.1) is 0 Å². The molecule has 0 aromatic heterocycles. The Labute approximate surface area is 187 Å². The Balaban J connectivity index is 1.38. The first kappa shape index (κ1) is 21.7. The van der Waals surface area contributed by atoms with Crippen molar-refractivity contribution in [2.75, 3.05) is 49.5 Å². The predicted molar refractivity (Wildman–Crippen MR) is 129 cm³/mol. The minimum atomic E-state index is 0.0170. The number of carbonyl (C=O) groups is 1. The van der Waals surface area contributed by atoms with E-state index in [1.807, 2.05) is 17.0 Å². The van der Waals surface area contributed by atoms with Crippen LogP contribution in [0.4, 0.5) is 16.2 Å². The summed E-state index contributed by atoms with van der Waals surface area (Å²) in [6, 6.07) is 19.5. The molecule has 5 nitrogen and oxygen atoms in total. The van der Waals surface area contributed by atoms with Gasteiger partial charge >= 0.3 is 6.03 Å². The summed E-state index contributed by atoms with van der Waals surface area (Å²) in [5, 5.41) is 3.21. The monoisotopic (exact) mass is 420 g/mol. The van der Waals surface area contributed by atoms with Gasteiger partial charge in [-0.15, -0.1) is 0 Å². The maximum absolute atomic E-state index is 13.1. The molecule has 2 aromatic rings. The van der Waals surface area contributed by atoms with Crippen molar-refractivity contribution >= 4 is 17.4 Å². The Morgan fingerprint density at radius 1 is 0.871 bits per heavy atom. The lowest BCUT2D eigenvalue weighted by atomic mass is 9.74. The molecule has 0 unspecified atom stereocenters. The van der Waals surface area contributed by atoms with Gasteiger partial charge in [0.15, 0.2) is 0 Å². The summed E-state index contributed by atoms with van der Waals surface area (Å²) in [4.78, 5) is 20.0. The van der Waals surface area contributed by atoms with E-state index in [4.69, 9.17) is 0 Å². The second-order valence-electron chi connectivity index (χ2n) is 9.48. The molecule has 1 N–H and O–H groups in total. The summed E-state index contributed by atoms with van der Waals surface area (Å²) in [6.45, 7) is 12.5. The molecule has 0 radical (unpaired) electrons. The number of piperazine rings is 1. The first-order valence-electron chi connectivity index (χ1n) is 11.7. The van der Waals surface area contributed by atoms with Gasteiger partial charge in [0.25, 0.3) is 0 Å². The van der Waals surface area contributed by atoms with Crippen LogP contribution >= 0.6 is 0 Å². The van der Waals surface area contributed by atoms with E-state index in [0.717, 1.165) is 63.5 Å². The van der Waals surface area contributed by atoms with Gasteiger partial charge in [-0.3, -0.25) is 4.90 Å². The fraction of sp³-hybridized carbons (Fsp3) is 0.500. The minimum absolute atomic E-state index is 0.0170. The van der Waals surface area contributed by atoms with Gasteiger partial charge in [-0.2, -0.15) is 0 Å². The molecule has 0 aliphatic carbocycles. The molecule has 0 spiro atoms. The molecule has 2 aliphatic heterocycles. The van der Waals surface area contributed by atoms with Crippen molar-refractivity contribution in [3.8, 4) is 0 Å². The molecule has 2 fully saturated rings. The topological polar surface area (TPSA) is 38.8 Å². The van der Waals surface area contributed by atoms with Gasteiger partial charge in [0.05, 0.1) is 11.4 Å². The highest BCUT2D eigenvalue weighted by Crippen LogP contribution is 2.35. The quantitative estimate of drug-likeness (QED) is 0.772. The maximum atomic E-state index is 13.1. The molecular formula is C26H36N4O. The van der Waals surface area contributed by atoms with Crippen LogP contribution < -0.4 is 10.2 Å². The lowest BCUT2D eigenvalue weighted by molar-refractivity contribution is 0.174. The summed E-state index contributed by atoms with van der Waals surface area (Å²) in [7, 11) is 0. The first-order valence-corrected chi connectivity index (χ1v) is 11.7. The molecule has 2 aliphatic rings. The number of nitrogens with zero attached hydrogens (tertiary/aromatic N) is 3. The van der Waals surface area contributed by atoms with Crippen molar-refractivity contribution in [1.82, 2.24) is 9.80 Å². The molecule has 2 aromatic carbocycles. The number of para-hydroxylation sites is 2. The molecular weight excluding hydrogens is 384 g/mol. The summed E-state index contributed by atoms with van der Waals surface area (Å²) in [5.41, 5.74) is 3.57. The lowest BCUT2D eigenvalue weighted by Crippen LogP contribution is -2.49. The van der Waals surface area contributed by atoms with Crippen molar-refractivity contribution in [2.24, 2.45) is 0 Å². The second kappa shape index (κ2) is 9.31. The number of piperidine rings is 1. The highest BCUT2D eigenvalue weighted by atomic mass is 16.2. The number of hydrogen-bond donors (Lipinski definition) is 1. The molecule has 0 saturated carbocycles. The maximum Gasteiger partial charge on any atom is 0.321 e. The van der Waals surface area contributed by atoms with Crippen molar-refractivity contribution in [1.29, 1.82) is 0 Å². The van der Waals surface area contributed by atoms with E-state index in [1.54, 1.807) is 0 Å². The van der Waals surface area contributed by atoms with Crippen LogP contribution in [0.2, 0.25) is 0 Å². The number of urea groups is 1. The summed E-state index contributed by atoms with van der Waals surface area (Å²) in [6.07, 6.45) is 1.98. The average Bonchev–Trinajstić information content (AvgIpc) is 2.80. The molecule has 4 rings (SSSR count). The largest absolute Gasteiger partial charge is 0.367 e. The van der Waals surface area contributed by atoms with E-state index in [0.29, 0.717) is 6.04 Å². The molecule has 0 bridgehead atoms. The van der Waals surface area contributed by atoms with Crippen LogP contribution in [-0.4, -0.2) is 61.1 Å². The molecule has 2 heterocycles. The molecule has 5 heteroatoms. The van der Waals surface area contributed by atoms with Crippen molar-refractivity contribution < 1.29 is 4.79 Å². The van der Waals surface area contributed by atoms with Crippen molar-refractivity contribution in [2.45, 2.75) is 45.1 Å². The second-order valence-corrected chi connectivity index (χ2v) is 9.48. The van der Waals surface area contributed by atoms with Crippen LogP contribution in [0.1, 0.15) is 39.2 Å². The summed E-state index contributed by atoms with van der Waals surface area (Å²) in [5.74, 6) is 0. The third-order valence-corrected chi connectivity index (χ3v) is 7.16. The highest BCUT2D eigenvalue weighted by Gasteiger charge is 2.33. The van der Waals surface area contributed by atoms with Gasteiger partial charge in [0.2, 0.25) is 0 Å². The van der Waals surface area contributed by atoms with E-state index in [-0.39, 0.29) is 11.4 Å². The van der Waals surface area contributed by atoms with Crippen LogP contribution in [0.5, 0.6) is 0 Å². The van der Waals surface area contributed by atoms with Crippen LogP contribution in [0.3, 0.4) is 0 Å². The Kier molecular flexibility index (Phi) is 6.51. The zero-order chi connectivity index (χ0) is 21.8. The van der Waals surface area contributed by atoms with Gasteiger partial charge in [-0.1, -0.05) is 49.4 Å². The van der Waals surface area contributed by atoms with Gasteiger partial charge in [0.1, 0.15) is 0 Å². The smallest absolute Gasteiger partial charge is 0.321 e. The molecule has 2 saturated heterocycles. The molecule has 31 heavy (non-hydrogen) atoms. The number of hydrogen-bond acceptors (Lipinski definition) is 3. The van der Waals surface area contributed by atoms with Gasteiger partial charge in [-0.05, 0) is 49.8 Å². The Morgan fingerprint density at radius 3 is 2.13 bits per heavy atom. The van der Waals surface area contributed by atoms with E-state index in [9.17, 15) is 4.79 Å². The zero-order valence-corrected chi connectivity index (χ0v) is 19.2. The van der Waals surface area contributed by atoms with Crippen LogP contribution in [-0.2, 0) is 5.41 Å². The van der Waals surface area contributed by atoms with Gasteiger partial charge < -0.3 is 15.1 Å². The SMILES string of the molecule is CC(C)N1CCN(c2ccccc2NC(=O)N2CCC(C)(c3ccccc3)CC2)CC1. The highest BCUT2D eigenvalue weighted by molar-refractivity contribution is 5.93. The lowest BCUT2D eigenvalue weighted by Gasteiger charge is -2.40.